The van der Waals surface area contributed by atoms with Gasteiger partial charge in [0.05, 0.1) is 0 Å². The van der Waals surface area contributed by atoms with Crippen LogP contribution >= 0.6 is 0 Å². The lowest BCUT2D eigenvalue weighted by molar-refractivity contribution is 0.488. The van der Waals surface area contributed by atoms with Crippen LogP contribution in [0.5, 0.6) is 11.5 Å². The molecule has 7 aromatic rings. The first-order valence-corrected chi connectivity index (χ1v) is 17.3. The molecule has 1 aliphatic carbocycles. The van der Waals surface area contributed by atoms with Gasteiger partial charge in [0, 0.05) is 28.2 Å². The zero-order chi connectivity index (χ0) is 33.3. The molecule has 0 spiro atoms. The van der Waals surface area contributed by atoms with Crippen molar-refractivity contribution in [3.63, 3.8) is 0 Å². The summed E-state index contributed by atoms with van der Waals surface area (Å²) in [6.45, 7) is 0. The van der Waals surface area contributed by atoms with Gasteiger partial charge in [-0.05, 0) is 112 Å². The van der Waals surface area contributed by atoms with Crippen LogP contribution in [0, 0.1) is 0 Å². The first-order valence-electron chi connectivity index (χ1n) is 17.3. The predicted molar refractivity (Wildman–Crippen MR) is 209 cm³/mol. The topological polar surface area (TPSA) is 12.5 Å². The van der Waals surface area contributed by atoms with Crippen LogP contribution in [-0.4, -0.2) is 0 Å². The van der Waals surface area contributed by atoms with Crippen LogP contribution in [0.4, 0.5) is 17.1 Å². The fourth-order valence-corrected chi connectivity index (χ4v) is 7.17. The second-order valence-electron chi connectivity index (χ2n) is 12.8. The molecule has 1 heterocycles. The maximum atomic E-state index is 6.49. The summed E-state index contributed by atoms with van der Waals surface area (Å²) in [5.74, 6) is 1.75. The second kappa shape index (κ2) is 12.9. The van der Waals surface area contributed by atoms with E-state index in [1.54, 1.807) is 0 Å². The van der Waals surface area contributed by atoms with Crippen molar-refractivity contribution < 1.29 is 4.74 Å². The van der Waals surface area contributed by atoms with E-state index in [9.17, 15) is 0 Å². The molecule has 0 saturated carbocycles. The largest absolute Gasteiger partial charge is 0.456 e. The van der Waals surface area contributed by atoms with Crippen molar-refractivity contribution in [1.29, 1.82) is 0 Å². The van der Waals surface area contributed by atoms with Gasteiger partial charge in [-0.15, -0.1) is 0 Å². The Balaban J connectivity index is 1.08. The van der Waals surface area contributed by atoms with Crippen LogP contribution < -0.4 is 9.64 Å². The van der Waals surface area contributed by atoms with Crippen LogP contribution in [0.2, 0.25) is 0 Å². The summed E-state index contributed by atoms with van der Waals surface area (Å²) in [6.07, 6.45) is 9.05. The molecule has 0 aromatic heterocycles. The number of hydrogen-bond acceptors (Lipinski definition) is 2. The molecule has 7 aromatic carbocycles. The second-order valence-corrected chi connectivity index (χ2v) is 12.8. The van der Waals surface area contributed by atoms with Crippen molar-refractivity contribution in [2.45, 2.75) is 12.8 Å². The highest BCUT2D eigenvalue weighted by molar-refractivity contribution is 5.92. The van der Waals surface area contributed by atoms with Gasteiger partial charge in [-0.3, -0.25) is 0 Å². The zero-order valence-electron chi connectivity index (χ0n) is 27.7. The summed E-state index contributed by atoms with van der Waals surface area (Å²) in [5.41, 5.74) is 15.2. The highest BCUT2D eigenvalue weighted by Gasteiger charge is 2.21. The van der Waals surface area contributed by atoms with Crippen molar-refractivity contribution in [3.05, 3.63) is 194 Å². The summed E-state index contributed by atoms with van der Waals surface area (Å²) in [6, 6.07) is 60.7. The van der Waals surface area contributed by atoms with Gasteiger partial charge in [0.1, 0.15) is 11.5 Å². The van der Waals surface area contributed by atoms with Crippen LogP contribution in [0.25, 0.3) is 50.1 Å². The molecule has 2 nitrogen and oxygen atoms in total. The van der Waals surface area contributed by atoms with E-state index in [2.05, 4.69) is 181 Å². The Kier molecular flexibility index (Phi) is 7.68. The molecule has 0 saturated heterocycles. The van der Waals surface area contributed by atoms with Gasteiger partial charge >= 0.3 is 0 Å². The van der Waals surface area contributed by atoms with Gasteiger partial charge in [0.15, 0.2) is 0 Å². The number of fused-ring (bicyclic) bond motifs is 5. The number of ether oxygens (including phenoxy) is 1. The third kappa shape index (κ3) is 5.61. The van der Waals surface area contributed by atoms with E-state index in [1.165, 1.54) is 33.4 Å². The predicted octanol–water partition coefficient (Wildman–Crippen LogP) is 13.7. The van der Waals surface area contributed by atoms with Gasteiger partial charge in [-0.1, -0.05) is 133 Å². The van der Waals surface area contributed by atoms with Gasteiger partial charge in [0.25, 0.3) is 0 Å². The highest BCUT2D eigenvalue weighted by atomic mass is 16.5. The van der Waals surface area contributed by atoms with Crippen molar-refractivity contribution in [3.8, 4) is 56.0 Å². The third-order valence-corrected chi connectivity index (χ3v) is 9.74. The first-order chi connectivity index (χ1) is 24.8. The normalized spacial score (nSPS) is 12.8. The van der Waals surface area contributed by atoms with Gasteiger partial charge < -0.3 is 9.64 Å². The van der Waals surface area contributed by atoms with Gasteiger partial charge in [-0.2, -0.15) is 0 Å². The molecule has 2 aliphatic rings. The Bertz CT molecular complexity index is 2370. The minimum Gasteiger partial charge on any atom is -0.456 e. The number of rotatable bonds is 6. The van der Waals surface area contributed by atoms with E-state index >= 15 is 0 Å². The molecule has 0 amide bonds. The van der Waals surface area contributed by atoms with Crippen molar-refractivity contribution in [2.24, 2.45) is 0 Å². The van der Waals surface area contributed by atoms with E-state index in [0.717, 1.165) is 63.7 Å². The molecule has 0 bridgehead atoms. The molecule has 0 unspecified atom stereocenters. The fraction of sp³-hybridized carbons (Fsp3) is 0.0417. The van der Waals surface area contributed by atoms with Gasteiger partial charge in [-0.25, -0.2) is 0 Å². The molecule has 1 aliphatic heterocycles. The van der Waals surface area contributed by atoms with Crippen LogP contribution in [0.3, 0.4) is 0 Å². The molecule has 0 radical (unpaired) electrons. The first kappa shape index (κ1) is 29.7. The summed E-state index contributed by atoms with van der Waals surface area (Å²) in [7, 11) is 0. The highest BCUT2D eigenvalue weighted by Crippen LogP contribution is 2.47. The number of hydrogen-bond donors (Lipinski definition) is 0. The Morgan fingerprint density at radius 3 is 1.52 bits per heavy atom. The maximum absolute atomic E-state index is 6.49. The maximum Gasteiger partial charge on any atom is 0.135 e. The van der Waals surface area contributed by atoms with Crippen LogP contribution in [0.1, 0.15) is 18.4 Å². The van der Waals surface area contributed by atoms with E-state index in [0.29, 0.717) is 0 Å². The minimum absolute atomic E-state index is 0.871. The Labute approximate surface area is 293 Å². The summed E-state index contributed by atoms with van der Waals surface area (Å²) < 4.78 is 6.49. The lowest BCUT2D eigenvalue weighted by atomic mass is 9.92. The van der Waals surface area contributed by atoms with Crippen LogP contribution in [0.15, 0.2) is 188 Å². The number of nitrogens with zero attached hydrogens (tertiary/aromatic N) is 1. The molecular formula is C48H35NO. The summed E-state index contributed by atoms with van der Waals surface area (Å²) >= 11 is 0. The fourth-order valence-electron chi connectivity index (χ4n) is 7.17. The van der Waals surface area contributed by atoms with E-state index < -0.39 is 0 Å². The lowest BCUT2D eigenvalue weighted by Gasteiger charge is -2.26. The molecule has 0 N–H and O–H groups in total. The Morgan fingerprint density at radius 1 is 0.380 bits per heavy atom. The Hall–Kier alpha value is -6.38. The van der Waals surface area contributed by atoms with E-state index in [-0.39, 0.29) is 0 Å². The molecule has 0 fully saturated rings. The van der Waals surface area contributed by atoms with E-state index in [1.807, 2.05) is 12.1 Å². The molecule has 0 atom stereocenters. The number of allylic oxidation sites excluding steroid dienone is 4. The standard InChI is InChI=1S/C48H35NO/c1-3-11-34(12-4-1)36-19-26-40(27-20-36)49(41-28-21-37(22-29-41)35-13-5-2-6-14-35)42-30-23-38(24-31-42)39-25-32-48-46(33-39)44-16-8-7-15-43(44)45-17-9-10-18-47(45)50-48/h1,3-5,7-33H,2,6H2. The molecule has 2 heteroatoms. The lowest BCUT2D eigenvalue weighted by Crippen LogP contribution is -2.10. The molecule has 9 rings (SSSR count). The quantitative estimate of drug-likeness (QED) is 0.179. The number of benzene rings is 7. The average Bonchev–Trinajstić information content (AvgIpc) is 3.34. The number of para-hydroxylation sites is 1. The van der Waals surface area contributed by atoms with E-state index in [4.69, 9.17) is 4.74 Å². The molecule has 238 valence electrons. The smallest absolute Gasteiger partial charge is 0.135 e. The minimum atomic E-state index is 0.871. The Morgan fingerprint density at radius 2 is 0.880 bits per heavy atom. The summed E-state index contributed by atoms with van der Waals surface area (Å²) in [5, 5.41) is 0. The third-order valence-electron chi connectivity index (χ3n) is 9.74. The average molecular weight is 642 g/mol. The van der Waals surface area contributed by atoms with Crippen molar-refractivity contribution >= 4 is 22.6 Å². The van der Waals surface area contributed by atoms with Crippen molar-refractivity contribution in [2.75, 3.05) is 4.90 Å². The monoisotopic (exact) mass is 641 g/mol. The van der Waals surface area contributed by atoms with Crippen LogP contribution in [-0.2, 0) is 0 Å². The number of anilines is 3. The molecule has 50 heavy (non-hydrogen) atoms. The summed E-state index contributed by atoms with van der Waals surface area (Å²) in [4.78, 5) is 2.34. The molecular weight excluding hydrogens is 607 g/mol. The van der Waals surface area contributed by atoms with Crippen molar-refractivity contribution in [1.82, 2.24) is 0 Å². The van der Waals surface area contributed by atoms with Gasteiger partial charge in [0.2, 0.25) is 0 Å². The zero-order valence-corrected chi connectivity index (χ0v) is 27.7. The SMILES string of the molecule is C1=CC(c2ccc(N(c3ccc(-c4ccccc4)cc3)c3ccc(-c4ccc5c(c4)-c4ccccc4-c4ccccc4O5)cc3)cc2)=CCC1.